The molecule has 1 aliphatic rings. The Hall–Kier alpha value is -2.07. The van der Waals surface area contributed by atoms with Gasteiger partial charge in [-0.2, -0.15) is 0 Å². The number of fused-ring (bicyclic) bond motifs is 1. The van der Waals surface area contributed by atoms with Gasteiger partial charge in [0, 0.05) is 24.1 Å². The summed E-state index contributed by atoms with van der Waals surface area (Å²) >= 11 is 0. The molecule has 0 aliphatic carbocycles. The van der Waals surface area contributed by atoms with E-state index in [-0.39, 0.29) is 23.7 Å². The van der Waals surface area contributed by atoms with Crippen LogP contribution in [0.15, 0.2) is 42.5 Å². The fourth-order valence-electron chi connectivity index (χ4n) is 2.37. The van der Waals surface area contributed by atoms with Crippen LogP contribution in [0.2, 0.25) is 0 Å². The highest BCUT2D eigenvalue weighted by molar-refractivity contribution is 5.40. The SMILES string of the molecule is N[C@H]1CC(c2ccc(O)cc2)Oc2cc(F)ccc21. The number of benzene rings is 2. The van der Waals surface area contributed by atoms with Crippen molar-refractivity contribution in [3.05, 3.63) is 59.4 Å². The zero-order chi connectivity index (χ0) is 13.4. The number of halogens is 1. The lowest BCUT2D eigenvalue weighted by Crippen LogP contribution is -2.24. The molecule has 2 aromatic carbocycles. The molecule has 0 amide bonds. The number of rotatable bonds is 1. The fourth-order valence-corrected chi connectivity index (χ4v) is 2.37. The predicted octanol–water partition coefficient (Wildman–Crippen LogP) is 3.05. The van der Waals surface area contributed by atoms with Crippen molar-refractivity contribution >= 4 is 0 Å². The van der Waals surface area contributed by atoms with Gasteiger partial charge in [0.1, 0.15) is 23.4 Å². The number of hydrogen-bond donors (Lipinski definition) is 2. The van der Waals surface area contributed by atoms with E-state index in [1.807, 2.05) is 0 Å². The highest BCUT2D eigenvalue weighted by atomic mass is 19.1. The molecule has 0 aromatic heterocycles. The van der Waals surface area contributed by atoms with Gasteiger partial charge in [-0.3, -0.25) is 0 Å². The average Bonchev–Trinajstić information content (AvgIpc) is 2.38. The molecule has 0 radical (unpaired) electrons. The molecule has 1 unspecified atom stereocenters. The standard InChI is InChI=1S/C15H14FNO2/c16-10-3-6-12-13(17)8-14(19-15(12)7-10)9-1-4-11(18)5-2-9/h1-7,13-14,18H,8,17H2/t13-,14?/m0/s1. The van der Waals surface area contributed by atoms with Gasteiger partial charge in [0.05, 0.1) is 0 Å². The lowest BCUT2D eigenvalue weighted by atomic mass is 9.93. The molecule has 0 saturated heterocycles. The monoisotopic (exact) mass is 259 g/mol. The minimum absolute atomic E-state index is 0.178. The maximum absolute atomic E-state index is 13.3. The molecule has 2 atom stereocenters. The Bertz CT molecular complexity index is 598. The van der Waals surface area contributed by atoms with E-state index in [2.05, 4.69) is 0 Å². The molecule has 3 nitrogen and oxygen atoms in total. The minimum Gasteiger partial charge on any atom is -0.508 e. The first-order valence-electron chi connectivity index (χ1n) is 6.14. The summed E-state index contributed by atoms with van der Waals surface area (Å²) in [6, 6.07) is 11.0. The van der Waals surface area contributed by atoms with Crippen molar-refractivity contribution in [1.82, 2.24) is 0 Å². The van der Waals surface area contributed by atoms with Crippen molar-refractivity contribution in [2.75, 3.05) is 0 Å². The summed E-state index contributed by atoms with van der Waals surface area (Å²) in [5.41, 5.74) is 7.85. The smallest absolute Gasteiger partial charge is 0.127 e. The average molecular weight is 259 g/mol. The van der Waals surface area contributed by atoms with E-state index in [0.29, 0.717) is 12.2 Å². The topological polar surface area (TPSA) is 55.5 Å². The number of aromatic hydroxyl groups is 1. The van der Waals surface area contributed by atoms with Crippen molar-refractivity contribution < 1.29 is 14.2 Å². The first-order chi connectivity index (χ1) is 9.13. The van der Waals surface area contributed by atoms with Gasteiger partial charge in [-0.1, -0.05) is 18.2 Å². The zero-order valence-electron chi connectivity index (χ0n) is 10.2. The molecule has 0 saturated carbocycles. The number of phenols is 1. The number of nitrogens with two attached hydrogens (primary N) is 1. The Morgan fingerprint density at radius 3 is 2.63 bits per heavy atom. The van der Waals surface area contributed by atoms with Crippen molar-refractivity contribution in [2.24, 2.45) is 5.73 Å². The van der Waals surface area contributed by atoms with Crippen molar-refractivity contribution in [1.29, 1.82) is 0 Å². The highest BCUT2D eigenvalue weighted by Gasteiger charge is 2.27. The number of ether oxygens (including phenoxy) is 1. The second-order valence-electron chi connectivity index (χ2n) is 4.72. The van der Waals surface area contributed by atoms with E-state index in [1.54, 1.807) is 30.3 Å². The van der Waals surface area contributed by atoms with Gasteiger partial charge < -0.3 is 15.6 Å². The van der Waals surface area contributed by atoms with E-state index in [4.69, 9.17) is 10.5 Å². The van der Waals surface area contributed by atoms with E-state index >= 15 is 0 Å². The van der Waals surface area contributed by atoms with E-state index < -0.39 is 0 Å². The molecule has 2 aromatic rings. The Labute approximate surface area is 110 Å². The lowest BCUT2D eigenvalue weighted by molar-refractivity contribution is 0.160. The molecular formula is C15H14FNO2. The molecule has 19 heavy (non-hydrogen) atoms. The van der Waals surface area contributed by atoms with Gasteiger partial charge in [-0.15, -0.1) is 0 Å². The molecule has 0 bridgehead atoms. The molecule has 98 valence electrons. The Kier molecular flexibility index (Phi) is 2.87. The van der Waals surface area contributed by atoms with Gasteiger partial charge in [0.2, 0.25) is 0 Å². The van der Waals surface area contributed by atoms with E-state index in [9.17, 15) is 9.50 Å². The van der Waals surface area contributed by atoms with Gasteiger partial charge >= 0.3 is 0 Å². The second-order valence-corrected chi connectivity index (χ2v) is 4.72. The molecule has 0 spiro atoms. The molecular weight excluding hydrogens is 245 g/mol. The van der Waals surface area contributed by atoms with Gasteiger partial charge in [-0.05, 0) is 23.8 Å². The summed E-state index contributed by atoms with van der Waals surface area (Å²) in [5, 5.41) is 9.29. The third kappa shape index (κ3) is 2.27. The van der Waals surface area contributed by atoms with Crippen molar-refractivity contribution in [2.45, 2.75) is 18.6 Å². The molecule has 4 heteroatoms. The molecule has 3 rings (SSSR count). The largest absolute Gasteiger partial charge is 0.508 e. The third-order valence-electron chi connectivity index (χ3n) is 3.38. The van der Waals surface area contributed by atoms with Crippen LogP contribution in [-0.2, 0) is 0 Å². The molecule has 3 N–H and O–H groups in total. The zero-order valence-corrected chi connectivity index (χ0v) is 10.2. The van der Waals surface area contributed by atoms with Crippen LogP contribution in [0.25, 0.3) is 0 Å². The van der Waals surface area contributed by atoms with Gasteiger partial charge in [0.25, 0.3) is 0 Å². The van der Waals surface area contributed by atoms with Crippen LogP contribution in [0.1, 0.15) is 29.7 Å². The fraction of sp³-hybridized carbons (Fsp3) is 0.200. The second kappa shape index (κ2) is 4.55. The van der Waals surface area contributed by atoms with E-state index in [1.165, 1.54) is 12.1 Å². The molecule has 0 fully saturated rings. The van der Waals surface area contributed by atoms with Crippen LogP contribution >= 0.6 is 0 Å². The van der Waals surface area contributed by atoms with Crippen LogP contribution < -0.4 is 10.5 Å². The Balaban J connectivity index is 1.93. The van der Waals surface area contributed by atoms with Crippen molar-refractivity contribution in [3.63, 3.8) is 0 Å². The summed E-state index contributed by atoms with van der Waals surface area (Å²) < 4.78 is 19.1. The summed E-state index contributed by atoms with van der Waals surface area (Å²) in [4.78, 5) is 0. The van der Waals surface area contributed by atoms with Crippen LogP contribution in [-0.4, -0.2) is 5.11 Å². The van der Waals surface area contributed by atoms with Crippen LogP contribution in [0.4, 0.5) is 4.39 Å². The van der Waals surface area contributed by atoms with E-state index in [0.717, 1.165) is 11.1 Å². The molecule has 1 aliphatic heterocycles. The normalized spacial score (nSPS) is 21.6. The summed E-state index contributed by atoms with van der Waals surface area (Å²) in [5.74, 6) is 0.365. The first-order valence-corrected chi connectivity index (χ1v) is 6.14. The quantitative estimate of drug-likeness (QED) is 0.827. The predicted molar refractivity (Wildman–Crippen MR) is 69.4 cm³/mol. The first kappa shape index (κ1) is 12.0. The summed E-state index contributed by atoms with van der Waals surface area (Å²) in [7, 11) is 0. The summed E-state index contributed by atoms with van der Waals surface area (Å²) in [6.07, 6.45) is 0.411. The maximum Gasteiger partial charge on any atom is 0.127 e. The number of hydrogen-bond acceptors (Lipinski definition) is 3. The third-order valence-corrected chi connectivity index (χ3v) is 3.38. The Morgan fingerprint density at radius 1 is 1.16 bits per heavy atom. The summed E-state index contributed by atoms with van der Waals surface area (Å²) in [6.45, 7) is 0. The van der Waals surface area contributed by atoms with Gasteiger partial charge in [0.15, 0.2) is 0 Å². The number of phenolic OH excluding ortho intramolecular Hbond substituents is 1. The highest BCUT2D eigenvalue weighted by Crippen LogP contribution is 2.40. The van der Waals surface area contributed by atoms with Crippen LogP contribution in [0.3, 0.4) is 0 Å². The lowest BCUT2D eigenvalue weighted by Gasteiger charge is -2.30. The van der Waals surface area contributed by atoms with Crippen LogP contribution in [0.5, 0.6) is 11.5 Å². The van der Waals surface area contributed by atoms with Crippen LogP contribution in [0, 0.1) is 5.82 Å². The van der Waals surface area contributed by atoms with Crippen molar-refractivity contribution in [3.8, 4) is 11.5 Å². The minimum atomic E-state index is -0.336. The maximum atomic E-state index is 13.3. The molecule has 1 heterocycles. The van der Waals surface area contributed by atoms with Gasteiger partial charge in [-0.25, -0.2) is 4.39 Å². The Morgan fingerprint density at radius 2 is 1.89 bits per heavy atom.